The first-order chi connectivity index (χ1) is 14.0. The maximum atomic E-state index is 12.4. The second kappa shape index (κ2) is 10.4. The van der Waals surface area contributed by atoms with Gasteiger partial charge in [0.2, 0.25) is 5.91 Å². The Balaban J connectivity index is 1.58. The zero-order valence-corrected chi connectivity index (χ0v) is 17.0. The number of nitrogens with one attached hydrogen (secondary N) is 1. The molecule has 0 spiro atoms. The number of halogens is 1. The first-order valence-corrected chi connectivity index (χ1v) is 9.79. The van der Waals surface area contributed by atoms with Crippen molar-refractivity contribution >= 4 is 23.4 Å². The lowest BCUT2D eigenvalue weighted by Gasteiger charge is -2.24. The van der Waals surface area contributed by atoms with Crippen LogP contribution in [0.25, 0.3) is 0 Å². The molecule has 9 heteroatoms. The van der Waals surface area contributed by atoms with Gasteiger partial charge in [-0.1, -0.05) is 28.9 Å². The van der Waals surface area contributed by atoms with Gasteiger partial charge in [0.25, 0.3) is 5.91 Å². The molecule has 1 aliphatic rings. The van der Waals surface area contributed by atoms with E-state index in [1.54, 1.807) is 17.0 Å². The van der Waals surface area contributed by atoms with Crippen molar-refractivity contribution in [2.45, 2.75) is 32.0 Å². The second-order valence-corrected chi connectivity index (χ2v) is 7.27. The van der Waals surface area contributed by atoms with Crippen molar-refractivity contribution in [2.75, 3.05) is 26.9 Å². The summed E-state index contributed by atoms with van der Waals surface area (Å²) < 4.78 is 15.9. The molecule has 8 nitrogen and oxygen atoms in total. The van der Waals surface area contributed by atoms with Crippen LogP contribution in [0, 0.1) is 0 Å². The zero-order valence-electron chi connectivity index (χ0n) is 16.2. The minimum absolute atomic E-state index is 0.000747. The molecule has 1 fully saturated rings. The van der Waals surface area contributed by atoms with Crippen LogP contribution in [0.1, 0.15) is 34.7 Å². The maximum Gasteiger partial charge on any atom is 0.273 e. The van der Waals surface area contributed by atoms with Gasteiger partial charge in [0.05, 0.1) is 12.6 Å². The Morgan fingerprint density at radius 2 is 2.24 bits per heavy atom. The van der Waals surface area contributed by atoms with Crippen LogP contribution in [0.5, 0.6) is 0 Å². The lowest BCUT2D eigenvalue weighted by molar-refractivity contribution is -0.137. The van der Waals surface area contributed by atoms with Crippen molar-refractivity contribution in [2.24, 2.45) is 0 Å². The number of carbonyl (C=O) groups excluding carboxylic acids is 2. The molecule has 1 aromatic carbocycles. The highest BCUT2D eigenvalue weighted by Gasteiger charge is 2.24. The van der Waals surface area contributed by atoms with E-state index in [1.807, 2.05) is 12.1 Å². The number of nitrogens with zero attached hydrogens (tertiary/aromatic N) is 2. The predicted octanol–water partition coefficient (Wildman–Crippen LogP) is 2.41. The van der Waals surface area contributed by atoms with Crippen LogP contribution in [0.2, 0.25) is 5.02 Å². The van der Waals surface area contributed by atoms with E-state index in [-0.39, 0.29) is 36.8 Å². The molecule has 1 aliphatic heterocycles. The standard InChI is InChI=1S/C20H24ClN3O5/c1-27-13-19(25)24(11-16-6-3-7-28-16)12-17-9-18(23-29-17)20(26)22-10-14-4-2-5-15(21)8-14/h2,4-5,8-9,16H,3,6-7,10-13H2,1H3,(H,22,26). The second-order valence-electron chi connectivity index (χ2n) is 6.83. The van der Waals surface area contributed by atoms with Gasteiger partial charge in [0.15, 0.2) is 11.5 Å². The first-order valence-electron chi connectivity index (χ1n) is 9.41. The van der Waals surface area contributed by atoms with Crippen molar-refractivity contribution in [3.8, 4) is 0 Å². The fourth-order valence-corrected chi connectivity index (χ4v) is 3.32. The SMILES string of the molecule is COCC(=O)N(Cc1cc(C(=O)NCc2cccc(Cl)c2)no1)CC1CCCO1. The number of aromatic nitrogens is 1. The number of hydrogen-bond acceptors (Lipinski definition) is 6. The number of hydrogen-bond donors (Lipinski definition) is 1. The summed E-state index contributed by atoms with van der Waals surface area (Å²) in [6, 6.07) is 8.77. The topological polar surface area (TPSA) is 93.9 Å². The molecule has 0 radical (unpaired) electrons. The number of amides is 2. The Kier molecular flexibility index (Phi) is 7.62. The summed E-state index contributed by atoms with van der Waals surface area (Å²) in [4.78, 5) is 26.3. The zero-order chi connectivity index (χ0) is 20.6. The van der Waals surface area contributed by atoms with Crippen molar-refractivity contribution in [3.05, 3.63) is 52.4 Å². The van der Waals surface area contributed by atoms with Gasteiger partial charge in [0, 0.05) is 37.9 Å². The van der Waals surface area contributed by atoms with E-state index in [1.165, 1.54) is 13.2 Å². The minimum Gasteiger partial charge on any atom is -0.376 e. The normalized spacial score (nSPS) is 16.0. The van der Waals surface area contributed by atoms with Gasteiger partial charge >= 0.3 is 0 Å². The third kappa shape index (κ3) is 6.28. The molecule has 3 rings (SSSR count). The van der Waals surface area contributed by atoms with Crippen molar-refractivity contribution in [3.63, 3.8) is 0 Å². The summed E-state index contributed by atoms with van der Waals surface area (Å²) in [5, 5.41) is 7.20. The van der Waals surface area contributed by atoms with E-state index in [4.69, 9.17) is 25.6 Å². The molecule has 0 bridgehead atoms. The number of carbonyl (C=O) groups is 2. The molecule has 156 valence electrons. The summed E-state index contributed by atoms with van der Waals surface area (Å²) in [6.45, 7) is 1.62. The lowest BCUT2D eigenvalue weighted by Crippen LogP contribution is -2.38. The van der Waals surface area contributed by atoms with E-state index in [0.29, 0.717) is 30.5 Å². The Morgan fingerprint density at radius 3 is 2.97 bits per heavy atom. The van der Waals surface area contributed by atoms with Crippen LogP contribution < -0.4 is 5.32 Å². The van der Waals surface area contributed by atoms with Crippen LogP contribution >= 0.6 is 11.6 Å². The Labute approximate surface area is 174 Å². The molecule has 2 aromatic rings. The smallest absolute Gasteiger partial charge is 0.273 e. The quantitative estimate of drug-likeness (QED) is 0.668. The Bertz CT molecular complexity index is 835. The van der Waals surface area contributed by atoms with Crippen LogP contribution in [0.4, 0.5) is 0 Å². The molecule has 1 aromatic heterocycles. The number of benzene rings is 1. The third-order valence-corrected chi connectivity index (χ3v) is 4.78. The molecular weight excluding hydrogens is 398 g/mol. The molecule has 0 aliphatic carbocycles. The molecule has 29 heavy (non-hydrogen) atoms. The van der Waals surface area contributed by atoms with Gasteiger partial charge in [-0.2, -0.15) is 0 Å². The monoisotopic (exact) mass is 421 g/mol. The molecule has 1 unspecified atom stereocenters. The van der Waals surface area contributed by atoms with Gasteiger partial charge < -0.3 is 24.2 Å². The summed E-state index contributed by atoms with van der Waals surface area (Å²) in [6.07, 6.45) is 1.89. The van der Waals surface area contributed by atoms with Crippen molar-refractivity contribution in [1.29, 1.82) is 0 Å². The fourth-order valence-electron chi connectivity index (χ4n) is 3.11. The highest BCUT2D eigenvalue weighted by atomic mass is 35.5. The van der Waals surface area contributed by atoms with Crippen molar-refractivity contribution in [1.82, 2.24) is 15.4 Å². The number of rotatable bonds is 9. The molecule has 2 heterocycles. The molecule has 0 saturated carbocycles. The molecular formula is C20H24ClN3O5. The minimum atomic E-state index is -0.367. The van der Waals surface area contributed by atoms with E-state index in [2.05, 4.69) is 10.5 Å². The number of ether oxygens (including phenoxy) is 2. The highest BCUT2D eigenvalue weighted by Crippen LogP contribution is 2.16. The van der Waals surface area contributed by atoms with Crippen LogP contribution in [0.15, 0.2) is 34.9 Å². The predicted molar refractivity (Wildman–Crippen MR) is 105 cm³/mol. The third-order valence-electron chi connectivity index (χ3n) is 4.55. The first kappa shape index (κ1) is 21.3. The molecule has 1 N–H and O–H groups in total. The van der Waals surface area contributed by atoms with E-state index in [0.717, 1.165) is 18.4 Å². The summed E-state index contributed by atoms with van der Waals surface area (Å²) in [5.41, 5.74) is 1.03. The van der Waals surface area contributed by atoms with E-state index >= 15 is 0 Å². The van der Waals surface area contributed by atoms with Gasteiger partial charge in [-0.25, -0.2) is 0 Å². The summed E-state index contributed by atoms with van der Waals surface area (Å²) >= 11 is 5.95. The average molecular weight is 422 g/mol. The van der Waals surface area contributed by atoms with E-state index in [9.17, 15) is 9.59 Å². The fraction of sp³-hybridized carbons (Fsp3) is 0.450. The molecule has 2 amide bonds. The maximum absolute atomic E-state index is 12.4. The average Bonchev–Trinajstić information content (AvgIpc) is 3.38. The van der Waals surface area contributed by atoms with Gasteiger partial charge in [-0.15, -0.1) is 0 Å². The lowest BCUT2D eigenvalue weighted by atomic mass is 10.2. The van der Waals surface area contributed by atoms with E-state index < -0.39 is 0 Å². The largest absolute Gasteiger partial charge is 0.376 e. The highest BCUT2D eigenvalue weighted by molar-refractivity contribution is 6.30. The summed E-state index contributed by atoms with van der Waals surface area (Å²) in [7, 11) is 1.47. The Morgan fingerprint density at radius 1 is 1.38 bits per heavy atom. The Hall–Kier alpha value is -2.42. The van der Waals surface area contributed by atoms with Crippen molar-refractivity contribution < 1.29 is 23.6 Å². The van der Waals surface area contributed by atoms with Crippen LogP contribution in [-0.4, -0.2) is 54.8 Å². The number of methoxy groups -OCH3 is 1. The summed E-state index contributed by atoms with van der Waals surface area (Å²) in [5.74, 6) is -0.124. The van der Waals surface area contributed by atoms with Crippen LogP contribution in [-0.2, 0) is 27.4 Å². The molecule has 1 atom stereocenters. The van der Waals surface area contributed by atoms with Gasteiger partial charge in [0.1, 0.15) is 6.61 Å². The van der Waals surface area contributed by atoms with Gasteiger partial charge in [-0.3, -0.25) is 9.59 Å². The van der Waals surface area contributed by atoms with Gasteiger partial charge in [-0.05, 0) is 30.5 Å². The molecule has 1 saturated heterocycles. The van der Waals surface area contributed by atoms with Crippen LogP contribution in [0.3, 0.4) is 0 Å².